The van der Waals surface area contributed by atoms with Crippen LogP contribution in [-0.2, 0) is 0 Å². The van der Waals surface area contributed by atoms with Gasteiger partial charge < -0.3 is 10.4 Å². The lowest BCUT2D eigenvalue weighted by Crippen LogP contribution is -2.28. The number of aliphatic hydroxyl groups excluding tert-OH is 1. The normalized spacial score (nSPS) is 11.9. The molecule has 2 rings (SSSR count). The van der Waals surface area contributed by atoms with Crippen LogP contribution in [0.15, 0.2) is 48.7 Å². The Labute approximate surface area is 109 Å². The van der Waals surface area contributed by atoms with Crippen molar-refractivity contribution in [3.8, 4) is 0 Å². The highest BCUT2D eigenvalue weighted by atomic mass is 19.1. The molecule has 1 atom stereocenters. The first-order valence-corrected chi connectivity index (χ1v) is 5.79. The van der Waals surface area contributed by atoms with Gasteiger partial charge in [-0.2, -0.15) is 4.39 Å². The summed E-state index contributed by atoms with van der Waals surface area (Å²) in [6.45, 7) is 0.0623. The van der Waals surface area contributed by atoms with Crippen LogP contribution in [-0.4, -0.2) is 22.5 Å². The van der Waals surface area contributed by atoms with Crippen molar-refractivity contribution in [2.75, 3.05) is 6.54 Å². The van der Waals surface area contributed by atoms with E-state index in [1.807, 2.05) is 6.07 Å². The predicted molar refractivity (Wildman–Crippen MR) is 67.9 cm³/mol. The molecule has 0 fully saturated rings. The first kappa shape index (κ1) is 13.2. The number of halogens is 1. The molecule has 2 N–H and O–H groups in total. The van der Waals surface area contributed by atoms with E-state index in [-0.39, 0.29) is 12.1 Å². The van der Waals surface area contributed by atoms with E-state index in [0.29, 0.717) is 5.56 Å². The fourth-order valence-corrected chi connectivity index (χ4v) is 1.63. The van der Waals surface area contributed by atoms with Gasteiger partial charge in [-0.15, -0.1) is 0 Å². The summed E-state index contributed by atoms with van der Waals surface area (Å²) in [5.74, 6) is -1.16. The Kier molecular flexibility index (Phi) is 4.20. The Hall–Kier alpha value is -2.27. The van der Waals surface area contributed by atoms with Gasteiger partial charge in [0.05, 0.1) is 6.10 Å². The molecule has 19 heavy (non-hydrogen) atoms. The summed E-state index contributed by atoms with van der Waals surface area (Å²) in [7, 11) is 0. The van der Waals surface area contributed by atoms with Gasteiger partial charge in [0, 0.05) is 24.4 Å². The molecule has 98 valence electrons. The lowest BCUT2D eigenvalue weighted by atomic mass is 10.1. The summed E-state index contributed by atoms with van der Waals surface area (Å²) < 4.78 is 12.9. The number of carbonyl (C=O) groups is 1. The first-order valence-electron chi connectivity index (χ1n) is 5.79. The maximum Gasteiger partial charge on any atom is 0.251 e. The first-order chi connectivity index (χ1) is 9.16. The van der Waals surface area contributed by atoms with Crippen molar-refractivity contribution in [3.63, 3.8) is 0 Å². The van der Waals surface area contributed by atoms with Crippen molar-refractivity contribution in [2.45, 2.75) is 6.10 Å². The lowest BCUT2D eigenvalue weighted by molar-refractivity contribution is 0.0915. The van der Waals surface area contributed by atoms with Gasteiger partial charge >= 0.3 is 0 Å². The van der Waals surface area contributed by atoms with E-state index in [1.54, 1.807) is 24.3 Å². The second-order valence-corrected chi connectivity index (χ2v) is 4.00. The topological polar surface area (TPSA) is 62.2 Å². The third-order valence-electron chi connectivity index (χ3n) is 2.63. The molecule has 0 aliphatic carbocycles. The number of nitrogens with one attached hydrogen (secondary N) is 1. The molecule has 0 saturated carbocycles. The average Bonchev–Trinajstić information content (AvgIpc) is 2.45. The maximum atomic E-state index is 12.9. The minimum absolute atomic E-state index is 0.0623. The fraction of sp³-hybridized carbons (Fsp3) is 0.143. The highest BCUT2D eigenvalue weighted by Crippen LogP contribution is 2.10. The van der Waals surface area contributed by atoms with Crippen LogP contribution < -0.4 is 5.32 Å². The van der Waals surface area contributed by atoms with E-state index in [9.17, 15) is 14.3 Å². The summed E-state index contributed by atoms with van der Waals surface area (Å²) >= 11 is 0. The Bertz CT molecular complexity index is 560. The van der Waals surface area contributed by atoms with Crippen molar-refractivity contribution in [1.29, 1.82) is 0 Å². The summed E-state index contributed by atoms with van der Waals surface area (Å²) in [6, 6.07) is 11.4. The minimum Gasteiger partial charge on any atom is -0.387 e. The Balaban J connectivity index is 1.94. The molecule has 0 radical (unpaired) electrons. The number of hydrogen-bond acceptors (Lipinski definition) is 3. The van der Waals surface area contributed by atoms with Crippen molar-refractivity contribution in [1.82, 2.24) is 10.3 Å². The second-order valence-electron chi connectivity index (χ2n) is 4.00. The summed E-state index contributed by atoms with van der Waals surface area (Å²) in [4.78, 5) is 15.1. The molecule has 1 heterocycles. The van der Waals surface area contributed by atoms with Crippen LogP contribution >= 0.6 is 0 Å². The van der Waals surface area contributed by atoms with Gasteiger partial charge in [-0.1, -0.05) is 30.3 Å². The molecule has 5 heteroatoms. The molecule has 2 aromatic rings. The zero-order valence-electron chi connectivity index (χ0n) is 10.1. The Morgan fingerprint density at radius 1 is 1.32 bits per heavy atom. The van der Waals surface area contributed by atoms with Gasteiger partial charge in [0.15, 0.2) is 0 Å². The van der Waals surface area contributed by atoms with Gasteiger partial charge in [0.1, 0.15) is 0 Å². The van der Waals surface area contributed by atoms with Crippen molar-refractivity contribution in [3.05, 3.63) is 65.7 Å². The summed E-state index contributed by atoms with van der Waals surface area (Å²) in [5, 5.41) is 12.4. The number of carbonyl (C=O) groups excluding carboxylic acids is 1. The van der Waals surface area contributed by atoms with Gasteiger partial charge in [-0.3, -0.25) is 4.79 Å². The number of amides is 1. The molecule has 0 saturated heterocycles. The lowest BCUT2D eigenvalue weighted by Gasteiger charge is -2.12. The monoisotopic (exact) mass is 260 g/mol. The number of aromatic nitrogens is 1. The highest BCUT2D eigenvalue weighted by Gasteiger charge is 2.11. The second kappa shape index (κ2) is 6.06. The zero-order chi connectivity index (χ0) is 13.7. The third kappa shape index (κ3) is 3.59. The molecule has 1 amide bonds. The van der Waals surface area contributed by atoms with E-state index in [2.05, 4.69) is 10.3 Å². The van der Waals surface area contributed by atoms with Crippen LogP contribution in [0.5, 0.6) is 0 Å². The smallest absolute Gasteiger partial charge is 0.251 e. The zero-order valence-corrected chi connectivity index (χ0v) is 10.1. The van der Waals surface area contributed by atoms with Gasteiger partial charge in [-0.25, -0.2) is 4.98 Å². The van der Waals surface area contributed by atoms with Crippen molar-refractivity contribution >= 4 is 5.91 Å². The van der Waals surface area contributed by atoms with Crippen molar-refractivity contribution < 1.29 is 14.3 Å². The third-order valence-corrected chi connectivity index (χ3v) is 2.63. The van der Waals surface area contributed by atoms with E-state index in [0.717, 1.165) is 6.07 Å². The van der Waals surface area contributed by atoms with Gasteiger partial charge in [0.2, 0.25) is 5.95 Å². The number of hydrogen-bond donors (Lipinski definition) is 2. The fourth-order valence-electron chi connectivity index (χ4n) is 1.63. The minimum atomic E-state index is -0.795. The van der Waals surface area contributed by atoms with Crippen LogP contribution in [0, 0.1) is 5.95 Å². The molecular weight excluding hydrogens is 247 g/mol. The Morgan fingerprint density at radius 2 is 2.05 bits per heavy atom. The van der Waals surface area contributed by atoms with Crippen LogP contribution in [0.3, 0.4) is 0 Å². The molecular formula is C14H13FN2O2. The van der Waals surface area contributed by atoms with Crippen LogP contribution in [0.1, 0.15) is 22.0 Å². The highest BCUT2D eigenvalue weighted by molar-refractivity contribution is 5.94. The number of rotatable bonds is 4. The number of nitrogens with zero attached hydrogens (tertiary/aromatic N) is 1. The molecule has 4 nitrogen and oxygen atoms in total. The molecule has 1 unspecified atom stereocenters. The van der Waals surface area contributed by atoms with E-state index in [4.69, 9.17) is 0 Å². The van der Waals surface area contributed by atoms with E-state index in [1.165, 1.54) is 12.3 Å². The molecule has 0 spiro atoms. The van der Waals surface area contributed by atoms with Crippen LogP contribution in [0.25, 0.3) is 0 Å². The quantitative estimate of drug-likeness (QED) is 0.822. The molecule has 0 bridgehead atoms. The van der Waals surface area contributed by atoms with Gasteiger partial charge in [0.25, 0.3) is 5.91 Å². The Morgan fingerprint density at radius 3 is 2.74 bits per heavy atom. The summed E-state index contributed by atoms with van der Waals surface area (Å²) in [6.07, 6.45) is 0.426. The maximum absolute atomic E-state index is 12.9. The molecule has 1 aromatic carbocycles. The number of benzene rings is 1. The van der Waals surface area contributed by atoms with Crippen LogP contribution in [0.4, 0.5) is 4.39 Å². The number of pyridine rings is 1. The number of aliphatic hydroxyl groups is 1. The summed E-state index contributed by atoms with van der Waals surface area (Å²) in [5.41, 5.74) is 0.886. The van der Waals surface area contributed by atoms with Crippen LogP contribution in [0.2, 0.25) is 0 Å². The van der Waals surface area contributed by atoms with E-state index < -0.39 is 18.0 Å². The standard InChI is InChI=1S/C14H13FN2O2/c15-13-8-11(6-7-16-13)14(19)17-9-12(18)10-4-2-1-3-5-10/h1-8,12,18H,9H2,(H,17,19). The SMILES string of the molecule is O=C(NCC(O)c1ccccc1)c1ccnc(F)c1. The average molecular weight is 260 g/mol. The van der Waals surface area contributed by atoms with E-state index >= 15 is 0 Å². The molecule has 0 aliphatic heterocycles. The molecule has 0 aliphatic rings. The predicted octanol–water partition coefficient (Wildman–Crippen LogP) is 1.68. The molecule has 1 aromatic heterocycles. The van der Waals surface area contributed by atoms with Crippen molar-refractivity contribution in [2.24, 2.45) is 0 Å². The van der Waals surface area contributed by atoms with Gasteiger partial charge in [-0.05, 0) is 11.6 Å². The largest absolute Gasteiger partial charge is 0.387 e.